The average molecular weight is 226 g/mol. The summed E-state index contributed by atoms with van der Waals surface area (Å²) < 4.78 is 5.52. The van der Waals surface area contributed by atoms with Gasteiger partial charge in [0.2, 0.25) is 0 Å². The molecule has 1 rings (SSSR count). The van der Waals surface area contributed by atoms with E-state index < -0.39 is 0 Å². The maximum atomic E-state index is 5.99. The van der Waals surface area contributed by atoms with Gasteiger partial charge in [-0.25, -0.2) is 0 Å². The Morgan fingerprint density at radius 2 is 2.27 bits per heavy atom. The highest BCUT2D eigenvalue weighted by Gasteiger charge is 2.01. The van der Waals surface area contributed by atoms with Crippen LogP contribution in [0.1, 0.15) is 12.5 Å². The second-order valence-electron chi connectivity index (χ2n) is 3.35. The SMILES string of the molecule is C=C(CN)COc1ccc(Cl)c(CC)c1. The minimum Gasteiger partial charge on any atom is -0.489 e. The van der Waals surface area contributed by atoms with Crippen LogP contribution in [0.2, 0.25) is 5.02 Å². The molecule has 0 atom stereocenters. The van der Waals surface area contributed by atoms with E-state index in [1.54, 1.807) is 0 Å². The van der Waals surface area contributed by atoms with Gasteiger partial charge in [-0.15, -0.1) is 0 Å². The third-order valence-electron chi connectivity index (χ3n) is 2.13. The van der Waals surface area contributed by atoms with Crippen LogP contribution >= 0.6 is 11.6 Å². The molecule has 2 nitrogen and oxygen atoms in total. The molecule has 0 unspecified atom stereocenters. The minimum absolute atomic E-state index is 0.453. The summed E-state index contributed by atoms with van der Waals surface area (Å²) in [6.07, 6.45) is 0.897. The standard InChI is InChI=1S/C12H16ClNO/c1-3-10-6-11(4-5-12(10)13)15-8-9(2)7-14/h4-6H,2-3,7-8,14H2,1H3. The van der Waals surface area contributed by atoms with Crippen molar-refractivity contribution in [1.29, 1.82) is 0 Å². The zero-order chi connectivity index (χ0) is 11.3. The molecular weight excluding hydrogens is 210 g/mol. The largest absolute Gasteiger partial charge is 0.489 e. The molecule has 0 bridgehead atoms. The van der Waals surface area contributed by atoms with E-state index in [2.05, 4.69) is 13.5 Å². The Bertz CT molecular complexity index is 349. The van der Waals surface area contributed by atoms with E-state index in [4.69, 9.17) is 22.1 Å². The monoisotopic (exact) mass is 225 g/mol. The lowest BCUT2D eigenvalue weighted by Gasteiger charge is -2.09. The van der Waals surface area contributed by atoms with Gasteiger partial charge in [0, 0.05) is 11.6 Å². The molecule has 0 aliphatic carbocycles. The highest BCUT2D eigenvalue weighted by atomic mass is 35.5. The van der Waals surface area contributed by atoms with Crippen molar-refractivity contribution < 1.29 is 4.74 Å². The first-order valence-corrected chi connectivity index (χ1v) is 5.33. The van der Waals surface area contributed by atoms with Gasteiger partial charge in [-0.05, 0) is 35.8 Å². The average Bonchev–Trinajstić information content (AvgIpc) is 2.27. The van der Waals surface area contributed by atoms with Gasteiger partial charge in [0.05, 0.1) is 0 Å². The Morgan fingerprint density at radius 3 is 2.87 bits per heavy atom. The molecule has 0 aliphatic heterocycles. The van der Waals surface area contributed by atoms with Crippen LogP contribution in [0, 0.1) is 0 Å². The molecule has 0 fully saturated rings. The first-order chi connectivity index (χ1) is 7.17. The summed E-state index contributed by atoms with van der Waals surface area (Å²) >= 11 is 5.99. The van der Waals surface area contributed by atoms with Gasteiger partial charge in [0.15, 0.2) is 0 Å². The predicted molar refractivity (Wildman–Crippen MR) is 64.5 cm³/mol. The van der Waals surface area contributed by atoms with E-state index in [-0.39, 0.29) is 0 Å². The number of nitrogens with two attached hydrogens (primary N) is 1. The zero-order valence-corrected chi connectivity index (χ0v) is 9.68. The van der Waals surface area contributed by atoms with Crippen molar-refractivity contribution >= 4 is 11.6 Å². The van der Waals surface area contributed by atoms with Crippen LogP contribution < -0.4 is 10.5 Å². The second kappa shape index (κ2) is 5.79. The molecule has 0 amide bonds. The highest BCUT2D eigenvalue weighted by molar-refractivity contribution is 6.31. The van der Waals surface area contributed by atoms with Gasteiger partial charge < -0.3 is 10.5 Å². The normalized spacial score (nSPS) is 10.1. The topological polar surface area (TPSA) is 35.2 Å². The fourth-order valence-corrected chi connectivity index (χ4v) is 1.41. The molecule has 0 aliphatic rings. The van der Waals surface area contributed by atoms with E-state index >= 15 is 0 Å². The Labute approximate surface area is 95.7 Å². The fourth-order valence-electron chi connectivity index (χ4n) is 1.16. The molecule has 0 spiro atoms. The van der Waals surface area contributed by atoms with Crippen molar-refractivity contribution in [1.82, 2.24) is 0 Å². The lowest BCUT2D eigenvalue weighted by molar-refractivity contribution is 0.350. The quantitative estimate of drug-likeness (QED) is 0.783. The molecule has 0 radical (unpaired) electrons. The Balaban J connectivity index is 2.66. The van der Waals surface area contributed by atoms with Crippen molar-refractivity contribution in [2.75, 3.05) is 13.2 Å². The Hall–Kier alpha value is -0.990. The van der Waals surface area contributed by atoms with Gasteiger partial charge in [0.25, 0.3) is 0 Å². The summed E-state index contributed by atoms with van der Waals surface area (Å²) in [5.41, 5.74) is 7.38. The smallest absolute Gasteiger partial charge is 0.120 e. The van der Waals surface area contributed by atoms with E-state index in [9.17, 15) is 0 Å². The molecule has 1 aromatic carbocycles. The number of ether oxygens (including phenoxy) is 1. The van der Waals surface area contributed by atoms with Crippen molar-refractivity contribution in [3.05, 3.63) is 40.9 Å². The molecular formula is C12H16ClNO. The zero-order valence-electron chi connectivity index (χ0n) is 8.92. The van der Waals surface area contributed by atoms with Gasteiger partial charge in [-0.3, -0.25) is 0 Å². The number of hydrogen-bond acceptors (Lipinski definition) is 2. The summed E-state index contributed by atoms with van der Waals surface area (Å²) in [6, 6.07) is 5.65. The number of benzene rings is 1. The summed E-state index contributed by atoms with van der Waals surface area (Å²) in [5, 5.41) is 0.780. The first-order valence-electron chi connectivity index (χ1n) is 4.95. The molecule has 0 saturated heterocycles. The van der Waals surface area contributed by atoms with Crippen LogP contribution in [0.5, 0.6) is 5.75 Å². The lowest BCUT2D eigenvalue weighted by atomic mass is 10.1. The lowest BCUT2D eigenvalue weighted by Crippen LogP contribution is -2.09. The van der Waals surface area contributed by atoms with Crippen molar-refractivity contribution in [2.24, 2.45) is 5.73 Å². The third kappa shape index (κ3) is 3.57. The minimum atomic E-state index is 0.453. The number of aryl methyl sites for hydroxylation is 1. The Kier molecular flexibility index (Phi) is 4.66. The maximum absolute atomic E-state index is 5.99. The Morgan fingerprint density at radius 1 is 1.53 bits per heavy atom. The number of rotatable bonds is 5. The molecule has 0 aromatic heterocycles. The fraction of sp³-hybridized carbons (Fsp3) is 0.333. The van der Waals surface area contributed by atoms with E-state index in [1.807, 2.05) is 18.2 Å². The predicted octanol–water partition coefficient (Wildman–Crippen LogP) is 2.80. The summed E-state index contributed by atoms with van der Waals surface area (Å²) in [4.78, 5) is 0. The number of halogens is 1. The third-order valence-corrected chi connectivity index (χ3v) is 2.50. The molecule has 82 valence electrons. The van der Waals surface area contributed by atoms with Gasteiger partial charge in [-0.1, -0.05) is 25.1 Å². The number of hydrogen-bond donors (Lipinski definition) is 1. The van der Waals surface area contributed by atoms with Crippen LogP contribution in [0.4, 0.5) is 0 Å². The second-order valence-corrected chi connectivity index (χ2v) is 3.76. The van der Waals surface area contributed by atoms with E-state index in [1.165, 1.54) is 0 Å². The summed E-state index contributed by atoms with van der Waals surface area (Å²) in [5.74, 6) is 0.811. The van der Waals surface area contributed by atoms with Gasteiger partial charge >= 0.3 is 0 Å². The van der Waals surface area contributed by atoms with Crippen molar-refractivity contribution in [3.63, 3.8) is 0 Å². The molecule has 15 heavy (non-hydrogen) atoms. The summed E-state index contributed by atoms with van der Waals surface area (Å²) in [6.45, 7) is 6.74. The van der Waals surface area contributed by atoms with Crippen LogP contribution in [0.15, 0.2) is 30.4 Å². The first kappa shape index (κ1) is 12.1. The van der Waals surface area contributed by atoms with Gasteiger partial charge in [0.1, 0.15) is 12.4 Å². The van der Waals surface area contributed by atoms with Crippen LogP contribution in [-0.2, 0) is 6.42 Å². The van der Waals surface area contributed by atoms with Crippen molar-refractivity contribution in [2.45, 2.75) is 13.3 Å². The van der Waals surface area contributed by atoms with E-state index in [0.717, 1.165) is 28.3 Å². The highest BCUT2D eigenvalue weighted by Crippen LogP contribution is 2.22. The molecule has 3 heteroatoms. The van der Waals surface area contributed by atoms with Crippen molar-refractivity contribution in [3.8, 4) is 5.75 Å². The van der Waals surface area contributed by atoms with Crippen LogP contribution in [0.3, 0.4) is 0 Å². The molecule has 1 aromatic rings. The van der Waals surface area contributed by atoms with Crippen LogP contribution in [0.25, 0.3) is 0 Å². The molecule has 0 heterocycles. The molecule has 0 saturated carbocycles. The van der Waals surface area contributed by atoms with Gasteiger partial charge in [-0.2, -0.15) is 0 Å². The molecule has 2 N–H and O–H groups in total. The van der Waals surface area contributed by atoms with Crippen LogP contribution in [-0.4, -0.2) is 13.2 Å². The van der Waals surface area contributed by atoms with E-state index in [0.29, 0.717) is 13.2 Å². The summed E-state index contributed by atoms with van der Waals surface area (Å²) in [7, 11) is 0. The maximum Gasteiger partial charge on any atom is 0.120 e.